The molecule has 92 valence electrons. The monoisotopic (exact) mass is 317 g/mol. The molecule has 6 heteroatoms. The number of nitrogens with one attached hydrogen (secondary N) is 1. The Morgan fingerprint density at radius 1 is 1.47 bits per heavy atom. The Bertz CT molecular complexity index is 446. The van der Waals surface area contributed by atoms with Gasteiger partial charge in [-0.15, -0.1) is 11.3 Å². The van der Waals surface area contributed by atoms with Crippen molar-refractivity contribution in [3.63, 3.8) is 0 Å². The highest BCUT2D eigenvalue weighted by Crippen LogP contribution is 2.26. The zero-order valence-corrected chi connectivity index (χ0v) is 11.4. The number of rotatable bonds is 3. The largest absolute Gasteiger partial charge is 0.481 e. The Kier molecular flexibility index (Phi) is 3.83. The molecule has 1 aromatic rings. The van der Waals surface area contributed by atoms with Crippen LogP contribution in [0.3, 0.4) is 0 Å². The number of carboxylic acid groups (broad SMARTS) is 1. The van der Waals surface area contributed by atoms with Gasteiger partial charge in [0.1, 0.15) is 0 Å². The Morgan fingerprint density at radius 3 is 2.76 bits per heavy atom. The average Bonchev–Trinajstić information content (AvgIpc) is 2.86. The summed E-state index contributed by atoms with van der Waals surface area (Å²) in [5.74, 6) is -1.20. The van der Waals surface area contributed by atoms with Crippen LogP contribution in [0.25, 0.3) is 0 Å². The van der Waals surface area contributed by atoms with Crippen LogP contribution in [-0.2, 0) is 4.79 Å². The average molecular weight is 318 g/mol. The molecule has 2 N–H and O–H groups in total. The predicted molar refractivity (Wildman–Crippen MR) is 68.3 cm³/mol. The van der Waals surface area contributed by atoms with Crippen molar-refractivity contribution in [3.8, 4) is 0 Å². The lowest BCUT2D eigenvalue weighted by Gasteiger charge is -2.11. The molecule has 1 saturated carbocycles. The van der Waals surface area contributed by atoms with E-state index in [0.717, 1.165) is 10.2 Å². The lowest BCUT2D eigenvalue weighted by molar-refractivity contribution is -0.141. The van der Waals surface area contributed by atoms with E-state index in [1.807, 2.05) is 0 Å². The SMILES string of the molecule is O=C(N[C@H]1CC[C@@H](C(=O)O)C1)c1csc(Br)c1. The molecule has 2 atom stereocenters. The Labute approximate surface area is 111 Å². The van der Waals surface area contributed by atoms with Crippen LogP contribution in [0.2, 0.25) is 0 Å². The Balaban J connectivity index is 1.90. The van der Waals surface area contributed by atoms with E-state index in [4.69, 9.17) is 5.11 Å². The first-order chi connectivity index (χ1) is 8.06. The van der Waals surface area contributed by atoms with E-state index in [0.29, 0.717) is 18.4 Å². The minimum atomic E-state index is -0.764. The number of carbonyl (C=O) groups excluding carboxylic acids is 1. The van der Waals surface area contributed by atoms with Crippen molar-refractivity contribution in [2.24, 2.45) is 5.92 Å². The first kappa shape index (κ1) is 12.6. The van der Waals surface area contributed by atoms with Crippen molar-refractivity contribution >= 4 is 39.1 Å². The fourth-order valence-corrected chi connectivity index (χ4v) is 3.17. The van der Waals surface area contributed by atoms with Gasteiger partial charge in [-0.3, -0.25) is 9.59 Å². The molecular weight excluding hydrogens is 306 g/mol. The van der Waals surface area contributed by atoms with E-state index in [1.54, 1.807) is 11.4 Å². The van der Waals surface area contributed by atoms with Crippen molar-refractivity contribution in [2.75, 3.05) is 0 Å². The summed E-state index contributed by atoms with van der Waals surface area (Å²) in [6.45, 7) is 0. The number of thiophene rings is 1. The standard InChI is InChI=1S/C11H12BrNO3S/c12-9-4-7(5-17-9)10(14)13-8-2-1-6(3-8)11(15)16/h4-6,8H,1-3H2,(H,13,14)(H,15,16)/t6-,8+/m1/s1. The zero-order valence-electron chi connectivity index (χ0n) is 8.98. The van der Waals surface area contributed by atoms with Crippen LogP contribution in [0.15, 0.2) is 15.2 Å². The summed E-state index contributed by atoms with van der Waals surface area (Å²) in [5.41, 5.74) is 0.626. The number of hydrogen-bond donors (Lipinski definition) is 2. The normalized spacial score (nSPS) is 23.6. The quantitative estimate of drug-likeness (QED) is 0.900. The number of carboxylic acids is 1. The van der Waals surface area contributed by atoms with Gasteiger partial charge in [0.2, 0.25) is 0 Å². The zero-order chi connectivity index (χ0) is 12.4. The summed E-state index contributed by atoms with van der Waals surface area (Å²) in [6, 6.07) is 1.76. The predicted octanol–water partition coefficient (Wildman–Crippen LogP) is 2.49. The minimum Gasteiger partial charge on any atom is -0.481 e. The fourth-order valence-electron chi connectivity index (χ4n) is 2.03. The molecule has 1 amide bonds. The molecule has 17 heavy (non-hydrogen) atoms. The van der Waals surface area contributed by atoms with Crippen LogP contribution in [-0.4, -0.2) is 23.0 Å². The number of carbonyl (C=O) groups is 2. The van der Waals surface area contributed by atoms with Crippen LogP contribution in [0.5, 0.6) is 0 Å². The van der Waals surface area contributed by atoms with E-state index in [2.05, 4.69) is 21.2 Å². The molecule has 1 fully saturated rings. The van der Waals surface area contributed by atoms with Gasteiger partial charge in [-0.25, -0.2) is 0 Å². The molecule has 1 aliphatic carbocycles. The minimum absolute atomic E-state index is 0.0118. The van der Waals surface area contributed by atoms with Crippen molar-refractivity contribution in [1.29, 1.82) is 0 Å². The van der Waals surface area contributed by atoms with Gasteiger partial charge in [0.25, 0.3) is 5.91 Å². The third kappa shape index (κ3) is 3.07. The van der Waals surface area contributed by atoms with E-state index in [-0.39, 0.29) is 17.9 Å². The number of hydrogen-bond acceptors (Lipinski definition) is 3. The molecule has 0 bridgehead atoms. The topological polar surface area (TPSA) is 66.4 Å². The third-order valence-electron chi connectivity index (χ3n) is 2.95. The first-order valence-electron chi connectivity index (χ1n) is 5.34. The van der Waals surface area contributed by atoms with E-state index in [9.17, 15) is 9.59 Å². The lowest BCUT2D eigenvalue weighted by Crippen LogP contribution is -2.33. The van der Waals surface area contributed by atoms with Gasteiger partial charge >= 0.3 is 5.97 Å². The molecule has 0 aliphatic heterocycles. The fraction of sp³-hybridized carbons (Fsp3) is 0.455. The van der Waals surface area contributed by atoms with Gasteiger partial charge in [-0.2, -0.15) is 0 Å². The second kappa shape index (κ2) is 5.18. The number of halogens is 1. The van der Waals surface area contributed by atoms with Gasteiger partial charge in [0.15, 0.2) is 0 Å². The molecule has 0 unspecified atom stereocenters. The maximum atomic E-state index is 11.8. The third-order valence-corrected chi connectivity index (χ3v) is 4.45. The smallest absolute Gasteiger partial charge is 0.306 e. The van der Waals surface area contributed by atoms with Gasteiger partial charge < -0.3 is 10.4 Å². The molecule has 0 aromatic carbocycles. The molecule has 0 radical (unpaired) electrons. The van der Waals surface area contributed by atoms with Crippen LogP contribution in [0.4, 0.5) is 0 Å². The number of aliphatic carboxylic acids is 1. The molecule has 4 nitrogen and oxygen atoms in total. The van der Waals surface area contributed by atoms with Gasteiger partial charge in [0.05, 0.1) is 15.3 Å². The maximum absolute atomic E-state index is 11.8. The summed E-state index contributed by atoms with van der Waals surface area (Å²) >= 11 is 4.76. The van der Waals surface area contributed by atoms with Gasteiger partial charge in [0, 0.05) is 11.4 Å². The van der Waals surface area contributed by atoms with Gasteiger partial charge in [-0.05, 0) is 41.3 Å². The summed E-state index contributed by atoms with van der Waals surface area (Å²) < 4.78 is 0.914. The van der Waals surface area contributed by atoms with E-state index >= 15 is 0 Å². The van der Waals surface area contributed by atoms with Crippen LogP contribution in [0.1, 0.15) is 29.6 Å². The van der Waals surface area contributed by atoms with Crippen molar-refractivity contribution in [3.05, 3.63) is 20.8 Å². The van der Waals surface area contributed by atoms with Crippen molar-refractivity contribution in [2.45, 2.75) is 25.3 Å². The van der Waals surface area contributed by atoms with Crippen molar-refractivity contribution < 1.29 is 14.7 Å². The molecule has 0 saturated heterocycles. The highest BCUT2D eigenvalue weighted by atomic mass is 79.9. The summed E-state index contributed by atoms with van der Waals surface area (Å²) in [4.78, 5) is 22.6. The summed E-state index contributed by atoms with van der Waals surface area (Å²) in [6.07, 6.45) is 1.92. The van der Waals surface area contributed by atoms with Crippen LogP contribution in [0, 0.1) is 5.92 Å². The van der Waals surface area contributed by atoms with Crippen LogP contribution >= 0.6 is 27.3 Å². The summed E-state index contributed by atoms with van der Waals surface area (Å²) in [5, 5.41) is 13.5. The van der Waals surface area contributed by atoms with Crippen molar-refractivity contribution in [1.82, 2.24) is 5.32 Å². The molecule has 0 spiro atoms. The maximum Gasteiger partial charge on any atom is 0.306 e. The van der Waals surface area contributed by atoms with E-state index in [1.165, 1.54) is 11.3 Å². The second-order valence-corrected chi connectivity index (χ2v) is 6.45. The molecule has 1 aliphatic rings. The molecule has 1 aromatic heterocycles. The molecule has 1 heterocycles. The Hall–Kier alpha value is -0.880. The number of amides is 1. The molecule has 2 rings (SSSR count). The highest BCUT2D eigenvalue weighted by Gasteiger charge is 2.30. The van der Waals surface area contributed by atoms with Gasteiger partial charge in [-0.1, -0.05) is 0 Å². The lowest BCUT2D eigenvalue weighted by atomic mass is 10.1. The van der Waals surface area contributed by atoms with Crippen LogP contribution < -0.4 is 5.32 Å². The van der Waals surface area contributed by atoms with E-state index < -0.39 is 5.97 Å². The highest BCUT2D eigenvalue weighted by molar-refractivity contribution is 9.11. The first-order valence-corrected chi connectivity index (χ1v) is 7.01. The second-order valence-electron chi connectivity index (χ2n) is 4.16. The Morgan fingerprint density at radius 2 is 2.24 bits per heavy atom. The molecular formula is C11H12BrNO3S. The summed E-state index contributed by atoms with van der Waals surface area (Å²) in [7, 11) is 0.